The summed E-state index contributed by atoms with van der Waals surface area (Å²) in [7, 11) is 0. The van der Waals surface area contributed by atoms with Gasteiger partial charge in [-0.25, -0.2) is 9.97 Å². The maximum Gasteiger partial charge on any atom is 0.433 e. The average molecular weight is 404 g/mol. The first kappa shape index (κ1) is 20.3. The van der Waals surface area contributed by atoms with Gasteiger partial charge in [0, 0.05) is 36.6 Å². The largest absolute Gasteiger partial charge is 0.433 e. The number of rotatable bonds is 7. The molecule has 0 saturated heterocycles. The third-order valence-corrected chi connectivity index (χ3v) is 4.06. The lowest BCUT2D eigenvalue weighted by Crippen LogP contribution is -2.11. The summed E-state index contributed by atoms with van der Waals surface area (Å²) in [6.45, 7) is 2.43. The van der Waals surface area contributed by atoms with Gasteiger partial charge in [-0.3, -0.25) is 9.48 Å². The molecular weight excluding hydrogens is 385 g/mol. The Labute approximate surface area is 164 Å². The number of nitrogens with zero attached hydrogens (tertiary/aromatic N) is 4. The minimum absolute atomic E-state index is 0.140. The van der Waals surface area contributed by atoms with Crippen molar-refractivity contribution in [3.05, 3.63) is 54.1 Å². The first-order valence-corrected chi connectivity index (χ1v) is 8.81. The topological polar surface area (TPSA) is 98.7 Å². The Hall–Kier alpha value is -3.43. The van der Waals surface area contributed by atoms with Crippen LogP contribution in [0.5, 0.6) is 0 Å². The average Bonchev–Trinajstić information content (AvgIpc) is 3.09. The molecule has 0 bridgehead atoms. The molecule has 1 amide bonds. The highest BCUT2D eigenvalue weighted by Gasteiger charge is 2.32. The maximum atomic E-state index is 12.8. The van der Waals surface area contributed by atoms with Crippen LogP contribution < -0.4 is 11.1 Å². The molecule has 3 N–H and O–H groups in total. The number of primary amides is 1. The summed E-state index contributed by atoms with van der Waals surface area (Å²) < 4.78 is 40.2. The zero-order chi connectivity index (χ0) is 21.0. The Bertz CT molecular complexity index is 1020. The number of alkyl halides is 3. The number of anilines is 2. The minimum Gasteiger partial charge on any atom is -0.370 e. The molecule has 10 heteroatoms. The van der Waals surface area contributed by atoms with Crippen molar-refractivity contribution in [1.29, 1.82) is 0 Å². The Balaban J connectivity index is 1.79. The van der Waals surface area contributed by atoms with Crippen molar-refractivity contribution in [2.75, 3.05) is 5.32 Å². The van der Waals surface area contributed by atoms with E-state index in [1.165, 1.54) is 0 Å². The standard InChI is InChI=1S/C19H19F3N6O/c1-12-7-13(14-10-25-28(11-14)6-2-3-17(23)29)9-15(8-12)26-18-24-5-4-16(27-18)19(20,21)22/h4-5,7-11H,2-3,6H2,1H3,(H2,23,29)(H,24,26,27). The van der Waals surface area contributed by atoms with E-state index in [9.17, 15) is 18.0 Å². The van der Waals surface area contributed by atoms with E-state index < -0.39 is 11.9 Å². The number of nitrogens with one attached hydrogen (secondary N) is 1. The molecule has 2 heterocycles. The van der Waals surface area contributed by atoms with Crippen LogP contribution in [0.4, 0.5) is 24.8 Å². The van der Waals surface area contributed by atoms with Crippen molar-refractivity contribution in [3.63, 3.8) is 0 Å². The highest BCUT2D eigenvalue weighted by molar-refractivity contribution is 5.73. The molecular formula is C19H19F3N6O. The number of halogens is 3. The van der Waals surface area contributed by atoms with Crippen LogP contribution in [0.2, 0.25) is 0 Å². The normalized spacial score (nSPS) is 11.4. The Morgan fingerprint density at radius 3 is 2.76 bits per heavy atom. The van der Waals surface area contributed by atoms with Crippen LogP contribution in [-0.2, 0) is 17.5 Å². The number of nitrogens with two attached hydrogens (primary N) is 1. The van der Waals surface area contributed by atoms with Crippen molar-refractivity contribution in [2.24, 2.45) is 5.73 Å². The molecule has 0 aliphatic heterocycles. The van der Waals surface area contributed by atoms with E-state index in [1.54, 1.807) is 23.0 Å². The summed E-state index contributed by atoms with van der Waals surface area (Å²) >= 11 is 0. The van der Waals surface area contributed by atoms with Gasteiger partial charge in [-0.2, -0.15) is 18.3 Å². The Morgan fingerprint density at radius 2 is 2.03 bits per heavy atom. The molecule has 3 aromatic rings. The van der Waals surface area contributed by atoms with Gasteiger partial charge < -0.3 is 11.1 Å². The number of carbonyl (C=O) groups is 1. The predicted molar refractivity (Wildman–Crippen MR) is 101 cm³/mol. The van der Waals surface area contributed by atoms with Gasteiger partial charge in [-0.05, 0) is 42.7 Å². The van der Waals surface area contributed by atoms with Crippen LogP contribution >= 0.6 is 0 Å². The number of benzene rings is 1. The smallest absolute Gasteiger partial charge is 0.370 e. The fourth-order valence-electron chi connectivity index (χ4n) is 2.78. The fourth-order valence-corrected chi connectivity index (χ4v) is 2.78. The van der Waals surface area contributed by atoms with Crippen LogP contribution in [0.15, 0.2) is 42.9 Å². The van der Waals surface area contributed by atoms with Gasteiger partial charge in [-0.15, -0.1) is 0 Å². The fraction of sp³-hybridized carbons (Fsp3) is 0.263. The van der Waals surface area contributed by atoms with E-state index >= 15 is 0 Å². The zero-order valence-corrected chi connectivity index (χ0v) is 15.6. The lowest BCUT2D eigenvalue weighted by atomic mass is 10.1. The van der Waals surface area contributed by atoms with Gasteiger partial charge in [-0.1, -0.05) is 6.07 Å². The zero-order valence-electron chi connectivity index (χ0n) is 15.6. The highest BCUT2D eigenvalue weighted by Crippen LogP contribution is 2.29. The van der Waals surface area contributed by atoms with Gasteiger partial charge in [0.2, 0.25) is 11.9 Å². The quantitative estimate of drug-likeness (QED) is 0.626. The second-order valence-corrected chi connectivity index (χ2v) is 6.54. The van der Waals surface area contributed by atoms with Crippen LogP contribution in [0.3, 0.4) is 0 Å². The summed E-state index contributed by atoms with van der Waals surface area (Å²) in [4.78, 5) is 18.2. The van der Waals surface area contributed by atoms with Crippen molar-refractivity contribution in [1.82, 2.24) is 19.7 Å². The molecule has 0 radical (unpaired) electrons. The summed E-state index contributed by atoms with van der Waals surface area (Å²) in [6, 6.07) is 6.31. The molecule has 29 heavy (non-hydrogen) atoms. The predicted octanol–water partition coefficient (Wildman–Crippen LogP) is 3.68. The van der Waals surface area contributed by atoms with Crippen molar-refractivity contribution in [2.45, 2.75) is 32.5 Å². The van der Waals surface area contributed by atoms with Crippen molar-refractivity contribution >= 4 is 17.5 Å². The summed E-state index contributed by atoms with van der Waals surface area (Å²) in [5.41, 5.74) is 7.25. The lowest BCUT2D eigenvalue weighted by Gasteiger charge is -2.10. The molecule has 152 valence electrons. The number of hydrogen-bond donors (Lipinski definition) is 2. The summed E-state index contributed by atoms with van der Waals surface area (Å²) in [5.74, 6) is -0.498. The summed E-state index contributed by atoms with van der Waals surface area (Å²) in [5, 5.41) is 7.09. The molecule has 3 rings (SSSR count). The molecule has 2 aromatic heterocycles. The van der Waals surface area contributed by atoms with Crippen LogP contribution in [0.1, 0.15) is 24.1 Å². The summed E-state index contributed by atoms with van der Waals surface area (Å²) in [6.07, 6.45) is 0.907. The Kier molecular flexibility index (Phi) is 5.81. The monoisotopic (exact) mass is 404 g/mol. The molecule has 0 saturated carbocycles. The number of aryl methyl sites for hydroxylation is 2. The van der Waals surface area contributed by atoms with E-state index in [1.807, 2.05) is 19.2 Å². The lowest BCUT2D eigenvalue weighted by molar-refractivity contribution is -0.141. The van der Waals surface area contributed by atoms with Crippen LogP contribution in [0.25, 0.3) is 11.1 Å². The molecule has 0 fully saturated rings. The number of amides is 1. The van der Waals surface area contributed by atoms with E-state index in [-0.39, 0.29) is 18.3 Å². The van der Waals surface area contributed by atoms with Gasteiger partial charge in [0.15, 0.2) is 0 Å². The van der Waals surface area contributed by atoms with E-state index in [0.717, 1.165) is 29.0 Å². The number of hydrogen-bond acceptors (Lipinski definition) is 5. The molecule has 0 atom stereocenters. The van der Waals surface area contributed by atoms with Crippen LogP contribution in [-0.4, -0.2) is 25.7 Å². The van der Waals surface area contributed by atoms with E-state index in [2.05, 4.69) is 20.4 Å². The van der Waals surface area contributed by atoms with Gasteiger partial charge in [0.05, 0.1) is 6.20 Å². The van der Waals surface area contributed by atoms with E-state index in [0.29, 0.717) is 18.7 Å². The van der Waals surface area contributed by atoms with Gasteiger partial charge in [0.1, 0.15) is 5.69 Å². The SMILES string of the molecule is Cc1cc(Nc2nccc(C(F)(F)F)n2)cc(-c2cnn(CCCC(N)=O)c2)c1. The van der Waals surface area contributed by atoms with Crippen LogP contribution in [0, 0.1) is 6.92 Å². The van der Waals surface area contributed by atoms with Gasteiger partial charge >= 0.3 is 6.18 Å². The minimum atomic E-state index is -4.54. The molecule has 0 aliphatic rings. The maximum absolute atomic E-state index is 12.8. The van der Waals surface area contributed by atoms with Crippen molar-refractivity contribution < 1.29 is 18.0 Å². The van der Waals surface area contributed by atoms with Crippen molar-refractivity contribution in [3.8, 4) is 11.1 Å². The number of aromatic nitrogens is 4. The first-order valence-electron chi connectivity index (χ1n) is 8.81. The number of carbonyl (C=O) groups excluding carboxylic acids is 1. The first-order chi connectivity index (χ1) is 13.7. The van der Waals surface area contributed by atoms with Gasteiger partial charge in [0.25, 0.3) is 0 Å². The molecule has 7 nitrogen and oxygen atoms in total. The highest BCUT2D eigenvalue weighted by atomic mass is 19.4. The molecule has 0 unspecified atom stereocenters. The van der Waals surface area contributed by atoms with E-state index in [4.69, 9.17) is 5.73 Å². The Morgan fingerprint density at radius 1 is 1.24 bits per heavy atom. The second kappa shape index (κ2) is 8.29. The molecule has 1 aromatic carbocycles. The third kappa shape index (κ3) is 5.53. The molecule has 0 spiro atoms. The third-order valence-electron chi connectivity index (χ3n) is 4.06. The second-order valence-electron chi connectivity index (χ2n) is 6.54. The molecule has 0 aliphatic carbocycles.